The summed E-state index contributed by atoms with van der Waals surface area (Å²) in [6.45, 7) is 2.30. The Balaban J connectivity index is 1.44. The number of nitrogens with zero attached hydrogens (tertiary/aromatic N) is 4. The van der Waals surface area contributed by atoms with Crippen LogP contribution in [0.5, 0.6) is 5.75 Å². The first kappa shape index (κ1) is 22.7. The van der Waals surface area contributed by atoms with Gasteiger partial charge in [0.25, 0.3) is 5.91 Å². The molecule has 1 aromatic carbocycles. The lowest BCUT2D eigenvalue weighted by Gasteiger charge is -2.11. The van der Waals surface area contributed by atoms with Crippen LogP contribution in [-0.4, -0.2) is 45.3 Å². The smallest absolute Gasteiger partial charge is 0.341 e. The Bertz CT molecular complexity index is 1290. The number of carbonyl (C=O) groups is 2. The van der Waals surface area contributed by atoms with Crippen molar-refractivity contribution < 1.29 is 19.1 Å². The molecule has 4 aromatic rings. The van der Waals surface area contributed by atoms with Gasteiger partial charge in [0, 0.05) is 36.8 Å². The Morgan fingerprint density at radius 3 is 2.56 bits per heavy atom. The molecule has 0 unspecified atom stereocenters. The lowest BCUT2D eigenvalue weighted by Crippen LogP contribution is -2.23. The number of nitrogens with one attached hydrogen (secondary N) is 1. The zero-order valence-corrected chi connectivity index (χ0v) is 18.8. The molecule has 0 saturated carbocycles. The Hall–Kier alpha value is -4.53. The van der Waals surface area contributed by atoms with Gasteiger partial charge < -0.3 is 14.8 Å². The molecule has 0 bridgehead atoms. The standard InChI is InChI=1S/C25H23N5O4/c1-3-34-25(32)19-14-29-30(16-19)23-11-22(33-2)20(15-27-23)24(31)28-13-17-9-10-21(26-12-17)18-7-5-4-6-8-18/h4-12,14-16H,3,13H2,1-2H3,(H,28,31). The summed E-state index contributed by atoms with van der Waals surface area (Å²) in [4.78, 5) is 33.4. The van der Waals surface area contributed by atoms with Crippen molar-refractivity contribution in [2.75, 3.05) is 13.7 Å². The summed E-state index contributed by atoms with van der Waals surface area (Å²) in [6, 6.07) is 15.3. The average molecular weight is 457 g/mol. The second-order valence-corrected chi connectivity index (χ2v) is 7.24. The van der Waals surface area contributed by atoms with Gasteiger partial charge in [0.05, 0.1) is 36.7 Å². The van der Waals surface area contributed by atoms with E-state index in [1.165, 1.54) is 30.4 Å². The van der Waals surface area contributed by atoms with Crippen molar-refractivity contribution in [1.29, 1.82) is 0 Å². The summed E-state index contributed by atoms with van der Waals surface area (Å²) in [5.74, 6) is -0.0865. The van der Waals surface area contributed by atoms with Gasteiger partial charge in [-0.05, 0) is 18.6 Å². The Labute approximate surface area is 196 Å². The summed E-state index contributed by atoms with van der Waals surface area (Å²) in [7, 11) is 1.47. The van der Waals surface area contributed by atoms with E-state index in [0.29, 0.717) is 23.7 Å². The Kier molecular flexibility index (Phi) is 6.92. The lowest BCUT2D eigenvalue weighted by atomic mass is 10.1. The molecule has 0 atom stereocenters. The molecule has 0 saturated heterocycles. The monoisotopic (exact) mass is 457 g/mol. The van der Waals surface area contributed by atoms with Crippen LogP contribution >= 0.6 is 0 Å². The SMILES string of the molecule is CCOC(=O)c1cnn(-c2cc(OC)c(C(=O)NCc3ccc(-c4ccccc4)nc3)cn2)c1. The highest BCUT2D eigenvalue weighted by Crippen LogP contribution is 2.21. The van der Waals surface area contributed by atoms with E-state index >= 15 is 0 Å². The van der Waals surface area contributed by atoms with Gasteiger partial charge >= 0.3 is 5.97 Å². The van der Waals surface area contributed by atoms with Crippen LogP contribution in [0, 0.1) is 0 Å². The number of amides is 1. The van der Waals surface area contributed by atoms with Crippen LogP contribution in [0.3, 0.4) is 0 Å². The van der Waals surface area contributed by atoms with Crippen molar-refractivity contribution >= 4 is 11.9 Å². The van der Waals surface area contributed by atoms with E-state index in [1.807, 2.05) is 42.5 Å². The van der Waals surface area contributed by atoms with Crippen molar-refractivity contribution in [1.82, 2.24) is 25.1 Å². The zero-order valence-electron chi connectivity index (χ0n) is 18.8. The highest BCUT2D eigenvalue weighted by Gasteiger charge is 2.16. The topological polar surface area (TPSA) is 108 Å². The molecular formula is C25H23N5O4. The molecular weight excluding hydrogens is 434 g/mol. The Morgan fingerprint density at radius 1 is 1.03 bits per heavy atom. The highest BCUT2D eigenvalue weighted by molar-refractivity contribution is 5.96. The summed E-state index contributed by atoms with van der Waals surface area (Å²) < 4.78 is 11.8. The first-order valence-corrected chi connectivity index (χ1v) is 10.6. The third kappa shape index (κ3) is 5.09. The summed E-state index contributed by atoms with van der Waals surface area (Å²) in [5, 5.41) is 6.99. The van der Waals surface area contributed by atoms with E-state index in [0.717, 1.165) is 16.8 Å². The quantitative estimate of drug-likeness (QED) is 0.404. The van der Waals surface area contributed by atoms with Crippen LogP contribution in [0.15, 0.2) is 73.3 Å². The zero-order chi connectivity index (χ0) is 23.9. The number of aromatic nitrogens is 4. The molecule has 4 rings (SSSR count). The van der Waals surface area contributed by atoms with E-state index in [1.54, 1.807) is 19.2 Å². The molecule has 0 aliphatic carbocycles. The maximum Gasteiger partial charge on any atom is 0.341 e. The first-order chi connectivity index (χ1) is 16.6. The molecule has 1 amide bonds. The maximum atomic E-state index is 12.8. The number of pyridine rings is 2. The molecule has 172 valence electrons. The normalized spacial score (nSPS) is 10.5. The van der Waals surface area contributed by atoms with Crippen molar-refractivity contribution in [2.24, 2.45) is 0 Å². The molecule has 0 radical (unpaired) electrons. The van der Waals surface area contributed by atoms with E-state index in [2.05, 4.69) is 20.4 Å². The minimum absolute atomic E-state index is 0.271. The van der Waals surface area contributed by atoms with Gasteiger partial charge in [-0.3, -0.25) is 9.78 Å². The number of hydrogen-bond donors (Lipinski definition) is 1. The van der Waals surface area contributed by atoms with Crippen LogP contribution < -0.4 is 10.1 Å². The predicted molar refractivity (Wildman–Crippen MR) is 125 cm³/mol. The molecule has 0 aliphatic heterocycles. The molecule has 0 fully saturated rings. The summed E-state index contributed by atoms with van der Waals surface area (Å²) in [6.07, 6.45) is 6.04. The van der Waals surface area contributed by atoms with Crippen LogP contribution in [0.1, 0.15) is 33.2 Å². The number of rotatable bonds is 8. The van der Waals surface area contributed by atoms with Gasteiger partial charge in [-0.1, -0.05) is 36.4 Å². The van der Waals surface area contributed by atoms with Crippen LogP contribution in [0.2, 0.25) is 0 Å². The van der Waals surface area contributed by atoms with Gasteiger partial charge in [0.2, 0.25) is 0 Å². The van der Waals surface area contributed by atoms with Crippen molar-refractivity contribution in [3.05, 3.63) is 90.0 Å². The van der Waals surface area contributed by atoms with E-state index < -0.39 is 5.97 Å². The molecule has 0 aliphatic rings. The molecule has 3 heterocycles. The van der Waals surface area contributed by atoms with Gasteiger partial charge in [-0.25, -0.2) is 14.5 Å². The second-order valence-electron chi connectivity index (χ2n) is 7.24. The fourth-order valence-electron chi connectivity index (χ4n) is 3.25. The first-order valence-electron chi connectivity index (χ1n) is 10.6. The summed E-state index contributed by atoms with van der Waals surface area (Å²) >= 11 is 0. The Morgan fingerprint density at radius 2 is 1.85 bits per heavy atom. The fourth-order valence-corrected chi connectivity index (χ4v) is 3.25. The lowest BCUT2D eigenvalue weighted by molar-refractivity contribution is 0.0526. The van der Waals surface area contributed by atoms with Gasteiger partial charge in [0.15, 0.2) is 5.82 Å². The second kappa shape index (κ2) is 10.4. The average Bonchev–Trinajstić information content (AvgIpc) is 3.38. The third-order valence-electron chi connectivity index (χ3n) is 4.99. The fraction of sp³-hybridized carbons (Fsp3) is 0.160. The van der Waals surface area contributed by atoms with Crippen molar-refractivity contribution in [3.63, 3.8) is 0 Å². The van der Waals surface area contributed by atoms with Crippen LogP contribution in [0.25, 0.3) is 17.1 Å². The molecule has 34 heavy (non-hydrogen) atoms. The molecule has 1 N–H and O–H groups in total. The molecule has 9 nitrogen and oxygen atoms in total. The minimum Gasteiger partial charge on any atom is -0.496 e. The van der Waals surface area contributed by atoms with E-state index in [4.69, 9.17) is 9.47 Å². The number of esters is 1. The van der Waals surface area contributed by atoms with Gasteiger partial charge in [0.1, 0.15) is 5.75 Å². The largest absolute Gasteiger partial charge is 0.496 e. The number of ether oxygens (including phenoxy) is 2. The molecule has 0 spiro atoms. The molecule has 3 aromatic heterocycles. The maximum absolute atomic E-state index is 12.8. The number of hydrogen-bond acceptors (Lipinski definition) is 7. The highest BCUT2D eigenvalue weighted by atomic mass is 16.5. The summed E-state index contributed by atoms with van der Waals surface area (Å²) in [5.41, 5.74) is 3.33. The predicted octanol–water partition coefficient (Wildman–Crippen LogP) is 3.44. The van der Waals surface area contributed by atoms with Crippen molar-refractivity contribution in [2.45, 2.75) is 13.5 Å². The van der Waals surface area contributed by atoms with Gasteiger partial charge in [-0.2, -0.15) is 5.10 Å². The van der Waals surface area contributed by atoms with E-state index in [9.17, 15) is 9.59 Å². The minimum atomic E-state index is -0.469. The number of carbonyl (C=O) groups excluding carboxylic acids is 2. The number of methoxy groups -OCH3 is 1. The van der Waals surface area contributed by atoms with Crippen LogP contribution in [0.4, 0.5) is 0 Å². The third-order valence-corrected chi connectivity index (χ3v) is 4.99. The molecule has 9 heteroatoms. The van der Waals surface area contributed by atoms with Crippen molar-refractivity contribution in [3.8, 4) is 22.8 Å². The van der Waals surface area contributed by atoms with Crippen LogP contribution in [-0.2, 0) is 11.3 Å². The van der Waals surface area contributed by atoms with E-state index in [-0.39, 0.29) is 18.1 Å². The van der Waals surface area contributed by atoms with Gasteiger partial charge in [-0.15, -0.1) is 0 Å². The number of benzene rings is 1.